The number of aromatic nitrogens is 2. The molecule has 1 amide bonds. The third kappa shape index (κ3) is 3.62. The molecule has 1 unspecified atom stereocenters. The van der Waals surface area contributed by atoms with Crippen LogP contribution >= 0.6 is 11.5 Å². The Labute approximate surface area is 128 Å². The maximum absolute atomic E-state index is 12.2. The first kappa shape index (κ1) is 14.5. The van der Waals surface area contributed by atoms with Crippen LogP contribution in [0.1, 0.15) is 19.3 Å². The average Bonchev–Trinajstić information content (AvgIpc) is 3.16. The van der Waals surface area contributed by atoms with Crippen molar-refractivity contribution < 1.29 is 4.79 Å². The molecule has 0 saturated carbocycles. The van der Waals surface area contributed by atoms with Crippen molar-refractivity contribution in [2.24, 2.45) is 5.92 Å². The smallest absolute Gasteiger partial charge is 0.233 e. The quantitative estimate of drug-likeness (QED) is 0.824. The van der Waals surface area contributed by atoms with Gasteiger partial charge in [0, 0.05) is 44.1 Å². The first-order valence-corrected chi connectivity index (χ1v) is 8.32. The third-order valence-electron chi connectivity index (χ3n) is 4.26. The lowest BCUT2D eigenvalue weighted by molar-refractivity contribution is -0.131. The summed E-state index contributed by atoms with van der Waals surface area (Å²) < 4.78 is 4.00. The average molecular weight is 310 g/mol. The fraction of sp³-hybridized carbons (Fsp3) is 0.769. The van der Waals surface area contributed by atoms with Crippen molar-refractivity contribution in [3.63, 3.8) is 0 Å². The molecule has 3 N–H and O–H groups in total. The Balaban J connectivity index is 1.43. The van der Waals surface area contributed by atoms with E-state index in [4.69, 9.17) is 5.73 Å². The molecule has 2 aliphatic rings. The van der Waals surface area contributed by atoms with Gasteiger partial charge in [-0.15, -0.1) is 0 Å². The number of carbonyl (C=O) groups is 1. The van der Waals surface area contributed by atoms with Gasteiger partial charge in [0.2, 0.25) is 17.0 Å². The standard InChI is InChI=1S/C13H22N6OS/c14-12-16-13(21-17-12)19-7-5-18(6-8-19)11(20)2-1-10-3-4-15-9-10/h10,15H,1-9H2,(H2,14,17). The fourth-order valence-electron chi connectivity index (χ4n) is 2.95. The molecule has 0 aromatic carbocycles. The van der Waals surface area contributed by atoms with E-state index in [1.54, 1.807) is 0 Å². The number of nitrogens with two attached hydrogens (primary N) is 1. The number of rotatable bonds is 4. The van der Waals surface area contributed by atoms with Gasteiger partial charge in [0.15, 0.2) is 0 Å². The molecule has 7 nitrogen and oxygen atoms in total. The molecule has 21 heavy (non-hydrogen) atoms. The van der Waals surface area contributed by atoms with Crippen LogP contribution in [0.25, 0.3) is 0 Å². The SMILES string of the molecule is Nc1nsc(N2CCN(C(=O)CCC3CCNC3)CC2)n1. The largest absolute Gasteiger partial charge is 0.367 e. The van der Waals surface area contributed by atoms with Gasteiger partial charge in [-0.1, -0.05) is 0 Å². The number of anilines is 2. The van der Waals surface area contributed by atoms with Crippen molar-refractivity contribution in [1.82, 2.24) is 19.6 Å². The zero-order chi connectivity index (χ0) is 14.7. The van der Waals surface area contributed by atoms with Gasteiger partial charge in [-0.2, -0.15) is 9.36 Å². The molecule has 2 aliphatic heterocycles. The summed E-state index contributed by atoms with van der Waals surface area (Å²) in [6.45, 7) is 5.32. The van der Waals surface area contributed by atoms with Crippen molar-refractivity contribution >= 4 is 28.5 Å². The van der Waals surface area contributed by atoms with Crippen LogP contribution in [0.3, 0.4) is 0 Å². The highest BCUT2D eigenvalue weighted by Gasteiger charge is 2.24. The van der Waals surface area contributed by atoms with E-state index in [0.29, 0.717) is 24.2 Å². The molecule has 3 heterocycles. The van der Waals surface area contributed by atoms with E-state index < -0.39 is 0 Å². The van der Waals surface area contributed by atoms with Gasteiger partial charge in [0.1, 0.15) is 0 Å². The first-order chi connectivity index (χ1) is 10.2. The molecular weight excluding hydrogens is 288 g/mol. The summed E-state index contributed by atoms with van der Waals surface area (Å²) in [6.07, 6.45) is 2.90. The van der Waals surface area contributed by atoms with E-state index in [-0.39, 0.29) is 0 Å². The summed E-state index contributed by atoms with van der Waals surface area (Å²) in [4.78, 5) is 20.6. The first-order valence-electron chi connectivity index (χ1n) is 7.55. The summed E-state index contributed by atoms with van der Waals surface area (Å²) in [6, 6.07) is 0. The van der Waals surface area contributed by atoms with E-state index in [2.05, 4.69) is 19.6 Å². The molecule has 8 heteroatoms. The molecule has 1 aromatic rings. The highest BCUT2D eigenvalue weighted by atomic mass is 32.1. The van der Waals surface area contributed by atoms with Gasteiger partial charge in [-0.3, -0.25) is 4.79 Å². The summed E-state index contributed by atoms with van der Waals surface area (Å²) >= 11 is 1.32. The van der Waals surface area contributed by atoms with Crippen molar-refractivity contribution in [3.8, 4) is 0 Å². The molecule has 1 aromatic heterocycles. The number of carbonyl (C=O) groups excluding carboxylic acids is 1. The number of hydrogen-bond acceptors (Lipinski definition) is 7. The van der Waals surface area contributed by atoms with Gasteiger partial charge in [0.25, 0.3) is 0 Å². The molecule has 0 bridgehead atoms. The van der Waals surface area contributed by atoms with E-state index in [1.807, 2.05) is 4.90 Å². The number of amides is 1. The summed E-state index contributed by atoms with van der Waals surface area (Å²) in [5.41, 5.74) is 5.55. The van der Waals surface area contributed by atoms with Gasteiger partial charge in [0.05, 0.1) is 0 Å². The molecule has 0 radical (unpaired) electrons. The summed E-state index contributed by atoms with van der Waals surface area (Å²) in [5, 5.41) is 4.21. The van der Waals surface area contributed by atoms with Crippen LogP contribution in [0.4, 0.5) is 11.1 Å². The second kappa shape index (κ2) is 6.57. The molecule has 2 fully saturated rings. The van der Waals surface area contributed by atoms with E-state index in [9.17, 15) is 4.79 Å². The molecule has 1 atom stereocenters. The molecule has 2 saturated heterocycles. The maximum Gasteiger partial charge on any atom is 0.233 e. The van der Waals surface area contributed by atoms with Crippen LogP contribution in [-0.4, -0.2) is 59.4 Å². The summed E-state index contributed by atoms with van der Waals surface area (Å²) in [5.74, 6) is 1.30. The zero-order valence-corrected chi connectivity index (χ0v) is 12.9. The van der Waals surface area contributed by atoms with E-state index in [0.717, 1.165) is 50.8 Å². The second-order valence-corrected chi connectivity index (χ2v) is 6.43. The Hall–Kier alpha value is -1.41. The van der Waals surface area contributed by atoms with Crippen LogP contribution in [0, 0.1) is 5.92 Å². The Morgan fingerprint density at radius 2 is 2.19 bits per heavy atom. The molecule has 3 rings (SSSR count). The van der Waals surface area contributed by atoms with E-state index >= 15 is 0 Å². The van der Waals surface area contributed by atoms with Gasteiger partial charge >= 0.3 is 0 Å². The van der Waals surface area contributed by atoms with Crippen molar-refractivity contribution in [1.29, 1.82) is 0 Å². The number of piperazine rings is 1. The number of nitrogens with zero attached hydrogens (tertiary/aromatic N) is 4. The zero-order valence-electron chi connectivity index (χ0n) is 12.1. The molecule has 0 aliphatic carbocycles. The van der Waals surface area contributed by atoms with Crippen molar-refractivity contribution in [2.75, 3.05) is 49.9 Å². The van der Waals surface area contributed by atoms with Gasteiger partial charge in [-0.25, -0.2) is 0 Å². The fourth-order valence-corrected chi connectivity index (χ4v) is 3.60. The molecular formula is C13H22N6OS. The topological polar surface area (TPSA) is 87.4 Å². The lowest BCUT2D eigenvalue weighted by Crippen LogP contribution is -2.48. The third-order valence-corrected chi connectivity index (χ3v) is 5.05. The normalized spacial score (nSPS) is 22.8. The lowest BCUT2D eigenvalue weighted by atomic mass is 10.0. The Morgan fingerprint density at radius 3 is 2.81 bits per heavy atom. The monoisotopic (exact) mass is 310 g/mol. The van der Waals surface area contributed by atoms with Crippen LogP contribution in [0.2, 0.25) is 0 Å². The maximum atomic E-state index is 12.2. The second-order valence-electron chi connectivity index (χ2n) is 5.70. The number of nitrogens with one attached hydrogen (secondary N) is 1. The minimum atomic E-state index is 0.290. The van der Waals surface area contributed by atoms with Crippen LogP contribution in [0.5, 0.6) is 0 Å². The summed E-state index contributed by atoms with van der Waals surface area (Å²) in [7, 11) is 0. The van der Waals surface area contributed by atoms with Crippen LogP contribution < -0.4 is 16.0 Å². The van der Waals surface area contributed by atoms with Crippen molar-refractivity contribution in [2.45, 2.75) is 19.3 Å². The van der Waals surface area contributed by atoms with E-state index in [1.165, 1.54) is 18.0 Å². The predicted molar refractivity (Wildman–Crippen MR) is 83.3 cm³/mol. The van der Waals surface area contributed by atoms with Crippen LogP contribution in [-0.2, 0) is 4.79 Å². The number of hydrogen-bond donors (Lipinski definition) is 2. The predicted octanol–water partition coefficient (Wildman–Crippen LogP) is 0.159. The Bertz CT molecular complexity index is 479. The van der Waals surface area contributed by atoms with Crippen LogP contribution in [0.15, 0.2) is 0 Å². The lowest BCUT2D eigenvalue weighted by Gasteiger charge is -2.34. The molecule has 0 spiro atoms. The highest BCUT2D eigenvalue weighted by Crippen LogP contribution is 2.20. The minimum absolute atomic E-state index is 0.290. The molecule has 116 valence electrons. The minimum Gasteiger partial charge on any atom is -0.367 e. The highest BCUT2D eigenvalue weighted by molar-refractivity contribution is 7.09. The van der Waals surface area contributed by atoms with Gasteiger partial charge in [-0.05, 0) is 31.8 Å². The number of nitrogen functional groups attached to an aromatic ring is 1. The Kier molecular flexibility index (Phi) is 4.54. The Morgan fingerprint density at radius 1 is 1.38 bits per heavy atom. The van der Waals surface area contributed by atoms with Gasteiger partial charge < -0.3 is 20.9 Å². The van der Waals surface area contributed by atoms with Crippen molar-refractivity contribution in [3.05, 3.63) is 0 Å².